The third-order valence-electron chi connectivity index (χ3n) is 4.96. The summed E-state index contributed by atoms with van der Waals surface area (Å²) in [4.78, 5) is 17.0. The Bertz CT molecular complexity index is 1160. The molecule has 1 N–H and O–H groups in total. The van der Waals surface area contributed by atoms with E-state index >= 15 is 0 Å². The van der Waals surface area contributed by atoms with Gasteiger partial charge in [0.2, 0.25) is 5.89 Å². The lowest BCUT2D eigenvalue weighted by atomic mass is 9.87. The van der Waals surface area contributed by atoms with Crippen LogP contribution in [0.5, 0.6) is 0 Å². The summed E-state index contributed by atoms with van der Waals surface area (Å²) in [5.74, 6) is 0.441. The normalized spacial score (nSPS) is 11.6. The first kappa shape index (κ1) is 18.9. The summed E-state index contributed by atoms with van der Waals surface area (Å²) in [6.07, 6.45) is 0. The molecule has 0 aliphatic rings. The number of aryl methyl sites for hydroxylation is 1. The van der Waals surface area contributed by atoms with Gasteiger partial charge >= 0.3 is 0 Å². The van der Waals surface area contributed by atoms with Crippen LogP contribution < -0.4 is 5.32 Å². The van der Waals surface area contributed by atoms with Gasteiger partial charge in [0.05, 0.1) is 0 Å². The van der Waals surface area contributed by atoms with Crippen molar-refractivity contribution in [2.24, 2.45) is 0 Å². The summed E-state index contributed by atoms with van der Waals surface area (Å²) in [7, 11) is 0. The van der Waals surface area contributed by atoms with Gasteiger partial charge in [-0.15, -0.1) is 0 Å². The number of oxazole rings is 1. The van der Waals surface area contributed by atoms with Crippen LogP contribution in [0.2, 0.25) is 0 Å². The second-order valence-electron chi connectivity index (χ2n) is 8.35. The fourth-order valence-corrected chi connectivity index (χ4v) is 3.12. The molecule has 0 unspecified atom stereocenters. The fourth-order valence-electron chi connectivity index (χ4n) is 3.12. The number of rotatable bonds is 3. The number of amides is 1. The van der Waals surface area contributed by atoms with Crippen molar-refractivity contribution in [1.82, 2.24) is 4.98 Å². The molecule has 4 aromatic rings. The molecular formula is C25H24N2O2. The van der Waals surface area contributed by atoms with Gasteiger partial charge in [-0.25, -0.2) is 4.98 Å². The maximum atomic E-state index is 12.4. The predicted octanol–water partition coefficient (Wildman–Crippen LogP) is 6.35. The van der Waals surface area contributed by atoms with E-state index in [0.29, 0.717) is 11.5 Å². The van der Waals surface area contributed by atoms with Crippen molar-refractivity contribution in [3.05, 3.63) is 83.4 Å². The van der Waals surface area contributed by atoms with Gasteiger partial charge in [-0.2, -0.15) is 0 Å². The Morgan fingerprint density at radius 3 is 2.28 bits per heavy atom. The lowest BCUT2D eigenvalue weighted by molar-refractivity contribution is 0.102. The zero-order valence-corrected chi connectivity index (χ0v) is 17.1. The largest absolute Gasteiger partial charge is 0.436 e. The molecule has 1 aromatic heterocycles. The number of aromatic nitrogens is 1. The van der Waals surface area contributed by atoms with E-state index in [1.165, 1.54) is 5.56 Å². The number of carbonyl (C=O) groups excluding carboxylic acids is 1. The van der Waals surface area contributed by atoms with Crippen LogP contribution in [0.1, 0.15) is 42.3 Å². The molecule has 4 rings (SSSR count). The molecule has 1 heterocycles. The summed E-state index contributed by atoms with van der Waals surface area (Å²) < 4.78 is 5.92. The molecule has 4 heteroatoms. The zero-order chi connectivity index (χ0) is 20.6. The van der Waals surface area contributed by atoms with E-state index in [4.69, 9.17) is 4.42 Å². The molecule has 0 radical (unpaired) electrons. The molecule has 0 aliphatic carbocycles. The number of carbonyl (C=O) groups is 1. The van der Waals surface area contributed by atoms with Crippen LogP contribution in [0.3, 0.4) is 0 Å². The highest BCUT2D eigenvalue weighted by Crippen LogP contribution is 2.29. The molecule has 4 nitrogen and oxygen atoms in total. The van der Waals surface area contributed by atoms with Crippen LogP contribution >= 0.6 is 0 Å². The molecule has 0 fully saturated rings. The van der Waals surface area contributed by atoms with Gasteiger partial charge < -0.3 is 9.73 Å². The van der Waals surface area contributed by atoms with E-state index in [1.54, 1.807) is 0 Å². The number of benzene rings is 3. The van der Waals surface area contributed by atoms with E-state index in [9.17, 15) is 4.79 Å². The standard InChI is InChI=1S/C25H24N2O2/c1-16-5-7-17(8-6-16)23(28)26-20-12-9-18(10-13-20)24-27-21-15-19(25(2,3)4)11-14-22(21)29-24/h5-15H,1-4H3,(H,26,28). The second-order valence-corrected chi connectivity index (χ2v) is 8.35. The highest BCUT2D eigenvalue weighted by molar-refractivity contribution is 6.04. The maximum absolute atomic E-state index is 12.4. The molecule has 0 aliphatic heterocycles. The first-order valence-electron chi connectivity index (χ1n) is 9.69. The smallest absolute Gasteiger partial charge is 0.255 e. The Labute approximate surface area is 170 Å². The zero-order valence-electron chi connectivity index (χ0n) is 17.1. The monoisotopic (exact) mass is 384 g/mol. The van der Waals surface area contributed by atoms with Crippen molar-refractivity contribution in [1.29, 1.82) is 0 Å². The van der Waals surface area contributed by atoms with E-state index in [2.05, 4.69) is 43.2 Å². The van der Waals surface area contributed by atoms with Gasteiger partial charge in [0.1, 0.15) is 5.52 Å². The maximum Gasteiger partial charge on any atom is 0.255 e. The third-order valence-corrected chi connectivity index (χ3v) is 4.96. The van der Waals surface area contributed by atoms with Gasteiger partial charge in [0.15, 0.2) is 5.58 Å². The number of hydrogen-bond acceptors (Lipinski definition) is 3. The number of fused-ring (bicyclic) bond motifs is 1. The first-order valence-corrected chi connectivity index (χ1v) is 9.69. The molecule has 3 aromatic carbocycles. The lowest BCUT2D eigenvalue weighted by Crippen LogP contribution is -2.11. The molecule has 1 amide bonds. The van der Waals surface area contributed by atoms with E-state index < -0.39 is 0 Å². The number of anilines is 1. The lowest BCUT2D eigenvalue weighted by Gasteiger charge is -2.18. The van der Waals surface area contributed by atoms with Gasteiger partial charge in [0, 0.05) is 16.8 Å². The van der Waals surface area contributed by atoms with Gasteiger partial charge in [-0.05, 0) is 66.4 Å². The minimum Gasteiger partial charge on any atom is -0.436 e. The first-order chi connectivity index (χ1) is 13.8. The molecule has 0 bridgehead atoms. The van der Waals surface area contributed by atoms with Crippen LogP contribution in [0.15, 0.2) is 71.1 Å². The molecule has 29 heavy (non-hydrogen) atoms. The molecule has 0 spiro atoms. The molecule has 0 saturated heterocycles. The molecule has 146 valence electrons. The molecular weight excluding hydrogens is 360 g/mol. The van der Waals surface area contributed by atoms with Gasteiger partial charge in [-0.3, -0.25) is 4.79 Å². The summed E-state index contributed by atoms with van der Waals surface area (Å²) in [5.41, 5.74) is 6.25. The number of nitrogens with one attached hydrogen (secondary N) is 1. The van der Waals surface area contributed by atoms with Crippen molar-refractivity contribution in [2.45, 2.75) is 33.1 Å². The minimum atomic E-state index is -0.130. The van der Waals surface area contributed by atoms with E-state index in [1.807, 2.05) is 61.5 Å². The highest BCUT2D eigenvalue weighted by atomic mass is 16.3. The van der Waals surface area contributed by atoms with Gasteiger partial charge in [0.25, 0.3) is 5.91 Å². The SMILES string of the molecule is Cc1ccc(C(=O)Nc2ccc(-c3nc4cc(C(C)(C)C)ccc4o3)cc2)cc1. The van der Waals surface area contributed by atoms with Gasteiger partial charge in [-0.1, -0.05) is 44.5 Å². The Balaban J connectivity index is 1.54. The van der Waals surface area contributed by atoms with Crippen LogP contribution in [-0.4, -0.2) is 10.9 Å². The summed E-state index contributed by atoms with van der Waals surface area (Å²) in [6, 6.07) is 21.2. The average Bonchev–Trinajstić information content (AvgIpc) is 3.11. The van der Waals surface area contributed by atoms with E-state index in [0.717, 1.165) is 27.9 Å². The van der Waals surface area contributed by atoms with Crippen molar-refractivity contribution in [2.75, 3.05) is 5.32 Å². The molecule has 0 atom stereocenters. The van der Waals surface area contributed by atoms with E-state index in [-0.39, 0.29) is 11.3 Å². The summed E-state index contributed by atoms with van der Waals surface area (Å²) in [5, 5.41) is 2.92. The highest BCUT2D eigenvalue weighted by Gasteiger charge is 2.16. The quantitative estimate of drug-likeness (QED) is 0.447. The Morgan fingerprint density at radius 2 is 1.62 bits per heavy atom. The summed E-state index contributed by atoms with van der Waals surface area (Å²) in [6.45, 7) is 8.53. The minimum absolute atomic E-state index is 0.0601. The van der Waals surface area contributed by atoms with Crippen molar-refractivity contribution < 1.29 is 9.21 Å². The third kappa shape index (κ3) is 4.06. The number of hydrogen-bond donors (Lipinski definition) is 1. The number of nitrogens with zero attached hydrogens (tertiary/aromatic N) is 1. The van der Waals surface area contributed by atoms with Crippen LogP contribution in [0.4, 0.5) is 5.69 Å². The second kappa shape index (κ2) is 7.21. The van der Waals surface area contributed by atoms with Crippen molar-refractivity contribution in [3.63, 3.8) is 0 Å². The van der Waals surface area contributed by atoms with Crippen molar-refractivity contribution >= 4 is 22.7 Å². The van der Waals surface area contributed by atoms with Crippen molar-refractivity contribution in [3.8, 4) is 11.5 Å². The Hall–Kier alpha value is -3.40. The molecule has 0 saturated carbocycles. The fraction of sp³-hybridized carbons (Fsp3) is 0.200. The average molecular weight is 384 g/mol. The van der Waals surface area contributed by atoms with Crippen LogP contribution in [0.25, 0.3) is 22.6 Å². The Morgan fingerprint density at radius 1 is 0.931 bits per heavy atom. The topological polar surface area (TPSA) is 55.1 Å². The van der Waals surface area contributed by atoms with Crippen LogP contribution in [-0.2, 0) is 5.41 Å². The Kier molecular flexibility index (Phi) is 4.71. The summed E-state index contributed by atoms with van der Waals surface area (Å²) >= 11 is 0. The predicted molar refractivity (Wildman–Crippen MR) is 117 cm³/mol. The van der Waals surface area contributed by atoms with Crippen LogP contribution in [0, 0.1) is 6.92 Å².